The second-order valence-electron chi connectivity index (χ2n) is 7.04. The summed E-state index contributed by atoms with van der Waals surface area (Å²) in [5.74, 6) is 0.639. The summed E-state index contributed by atoms with van der Waals surface area (Å²) >= 11 is 0. The minimum atomic E-state index is -3.57. The van der Waals surface area contributed by atoms with Crippen molar-refractivity contribution >= 4 is 10.0 Å². The molecule has 1 fully saturated rings. The second kappa shape index (κ2) is 8.91. The second-order valence-corrected chi connectivity index (χ2v) is 8.80. The molecule has 2 aromatic rings. The molecule has 0 radical (unpaired) electrons. The van der Waals surface area contributed by atoms with Crippen LogP contribution in [-0.2, 0) is 17.1 Å². The zero-order valence-electron chi connectivity index (χ0n) is 16.1. The van der Waals surface area contributed by atoms with Gasteiger partial charge in [0.1, 0.15) is 5.75 Å². The Hall–Kier alpha value is -1.83. The van der Waals surface area contributed by atoms with Gasteiger partial charge in [-0.25, -0.2) is 13.1 Å². The van der Waals surface area contributed by atoms with Gasteiger partial charge in [0.2, 0.25) is 10.0 Å². The van der Waals surface area contributed by atoms with Crippen molar-refractivity contribution < 1.29 is 13.2 Å². The third-order valence-corrected chi connectivity index (χ3v) is 6.68. The number of nitrogens with one attached hydrogen (secondary N) is 1. The maximum Gasteiger partial charge on any atom is 0.240 e. The average molecular weight is 392 g/mol. The maximum atomic E-state index is 12.8. The topological polar surface area (TPSA) is 63.6 Å². The molecule has 1 aromatic carbocycles. The van der Waals surface area contributed by atoms with E-state index in [1.165, 1.54) is 12.8 Å². The number of ether oxygens (including phenoxy) is 1. The van der Waals surface area contributed by atoms with Gasteiger partial charge in [0.25, 0.3) is 0 Å². The Bertz CT molecular complexity index is 822. The van der Waals surface area contributed by atoms with E-state index in [1.54, 1.807) is 31.4 Å². The van der Waals surface area contributed by atoms with Gasteiger partial charge in [-0.3, -0.25) is 4.90 Å². The molecule has 2 heterocycles. The van der Waals surface area contributed by atoms with Gasteiger partial charge >= 0.3 is 0 Å². The van der Waals surface area contributed by atoms with Gasteiger partial charge in [0.15, 0.2) is 0 Å². The van der Waals surface area contributed by atoms with Crippen LogP contribution < -0.4 is 9.46 Å². The highest BCUT2D eigenvalue weighted by molar-refractivity contribution is 7.89. The number of nitrogens with zero attached hydrogens (tertiary/aromatic N) is 2. The van der Waals surface area contributed by atoms with Crippen molar-refractivity contribution in [3.8, 4) is 5.75 Å². The van der Waals surface area contributed by atoms with E-state index in [2.05, 4.69) is 20.3 Å². The summed E-state index contributed by atoms with van der Waals surface area (Å²) in [6, 6.07) is 10.6. The van der Waals surface area contributed by atoms with Crippen LogP contribution in [0.3, 0.4) is 0 Å². The fourth-order valence-electron chi connectivity index (χ4n) is 3.67. The lowest BCUT2D eigenvalue weighted by atomic mass is 10.1. The van der Waals surface area contributed by atoms with Crippen LogP contribution in [0, 0.1) is 0 Å². The predicted molar refractivity (Wildman–Crippen MR) is 106 cm³/mol. The van der Waals surface area contributed by atoms with Crippen LogP contribution in [0.15, 0.2) is 47.5 Å². The van der Waals surface area contributed by atoms with Gasteiger partial charge in [-0.15, -0.1) is 0 Å². The smallest absolute Gasteiger partial charge is 0.240 e. The van der Waals surface area contributed by atoms with Crippen LogP contribution in [0.5, 0.6) is 5.75 Å². The van der Waals surface area contributed by atoms with E-state index in [0.29, 0.717) is 12.3 Å². The molecule has 1 atom stereocenters. The third kappa shape index (κ3) is 4.91. The van der Waals surface area contributed by atoms with E-state index in [0.717, 1.165) is 31.6 Å². The summed E-state index contributed by atoms with van der Waals surface area (Å²) in [5, 5.41) is 0. The van der Waals surface area contributed by atoms with E-state index in [9.17, 15) is 8.42 Å². The lowest BCUT2D eigenvalue weighted by Gasteiger charge is -2.31. The summed E-state index contributed by atoms with van der Waals surface area (Å²) in [5.41, 5.74) is 1.13. The molecule has 1 N–H and O–H groups in total. The first kappa shape index (κ1) is 19.9. The first-order valence-electron chi connectivity index (χ1n) is 9.50. The van der Waals surface area contributed by atoms with Crippen LogP contribution in [0.4, 0.5) is 0 Å². The minimum Gasteiger partial charge on any atom is -0.497 e. The summed E-state index contributed by atoms with van der Waals surface area (Å²) in [7, 11) is 0.00143. The largest absolute Gasteiger partial charge is 0.497 e. The molecule has 1 aromatic heterocycles. The number of likely N-dealkylation sites (tertiary alicyclic amines) is 1. The summed E-state index contributed by atoms with van der Waals surface area (Å²) in [6.45, 7) is 2.35. The average Bonchev–Trinajstić information content (AvgIpc) is 2.93. The summed E-state index contributed by atoms with van der Waals surface area (Å²) in [6.07, 6.45) is 6.82. The fourth-order valence-corrected chi connectivity index (χ4v) is 4.71. The van der Waals surface area contributed by atoms with Crippen molar-refractivity contribution in [3.63, 3.8) is 0 Å². The molecular formula is C20H29N3O3S. The first-order chi connectivity index (χ1) is 13.0. The monoisotopic (exact) mass is 391 g/mol. The highest BCUT2D eigenvalue weighted by atomic mass is 32.2. The molecule has 27 heavy (non-hydrogen) atoms. The highest BCUT2D eigenvalue weighted by Crippen LogP contribution is 2.25. The van der Waals surface area contributed by atoms with E-state index >= 15 is 0 Å². The Labute approximate surface area is 162 Å². The molecule has 0 saturated carbocycles. The van der Waals surface area contributed by atoms with Crippen molar-refractivity contribution in [1.82, 2.24) is 14.2 Å². The first-order valence-corrected chi connectivity index (χ1v) is 11.0. The molecule has 7 heteroatoms. The Balaban J connectivity index is 1.78. The number of aryl methyl sites for hydroxylation is 1. The molecule has 1 saturated heterocycles. The normalized spacial score (nSPS) is 17.4. The number of hydrogen-bond acceptors (Lipinski definition) is 4. The Morgan fingerprint density at radius 2 is 1.74 bits per heavy atom. The van der Waals surface area contributed by atoms with Gasteiger partial charge in [-0.2, -0.15) is 0 Å². The van der Waals surface area contributed by atoms with Gasteiger partial charge in [-0.1, -0.05) is 12.8 Å². The van der Waals surface area contributed by atoms with Crippen molar-refractivity contribution in [2.24, 2.45) is 7.05 Å². The van der Waals surface area contributed by atoms with Crippen LogP contribution in [0.25, 0.3) is 0 Å². The van der Waals surface area contributed by atoms with Crippen molar-refractivity contribution in [3.05, 3.63) is 48.3 Å². The van der Waals surface area contributed by atoms with E-state index in [4.69, 9.17) is 4.74 Å². The maximum absolute atomic E-state index is 12.8. The van der Waals surface area contributed by atoms with Crippen molar-refractivity contribution in [2.45, 2.75) is 36.6 Å². The molecule has 1 aliphatic heterocycles. The van der Waals surface area contributed by atoms with Gasteiger partial charge in [0.05, 0.1) is 18.0 Å². The van der Waals surface area contributed by atoms with Gasteiger partial charge in [0, 0.05) is 25.5 Å². The van der Waals surface area contributed by atoms with E-state index < -0.39 is 10.0 Å². The molecule has 3 rings (SSSR count). The quantitative estimate of drug-likeness (QED) is 0.788. The number of rotatable bonds is 7. The van der Waals surface area contributed by atoms with Crippen LogP contribution in [0.1, 0.15) is 37.4 Å². The molecule has 0 spiro atoms. The highest BCUT2D eigenvalue weighted by Gasteiger charge is 2.25. The Kier molecular flexibility index (Phi) is 6.57. The van der Waals surface area contributed by atoms with Gasteiger partial charge in [-0.05, 0) is 62.3 Å². The van der Waals surface area contributed by atoms with Gasteiger partial charge < -0.3 is 9.30 Å². The lowest BCUT2D eigenvalue weighted by Crippen LogP contribution is -2.39. The van der Waals surface area contributed by atoms with Crippen LogP contribution >= 0.6 is 0 Å². The molecule has 0 bridgehead atoms. The molecular weight excluding hydrogens is 362 g/mol. The van der Waals surface area contributed by atoms with Crippen molar-refractivity contribution in [1.29, 1.82) is 0 Å². The number of methoxy groups -OCH3 is 1. The predicted octanol–water partition coefficient (Wildman–Crippen LogP) is 2.93. The minimum absolute atomic E-state index is 0.0242. The number of sulfonamides is 1. The van der Waals surface area contributed by atoms with E-state index in [-0.39, 0.29) is 10.9 Å². The Morgan fingerprint density at radius 3 is 2.30 bits per heavy atom. The zero-order valence-corrected chi connectivity index (χ0v) is 16.9. The van der Waals surface area contributed by atoms with Crippen LogP contribution in [0.2, 0.25) is 0 Å². The molecule has 0 aliphatic carbocycles. The Morgan fingerprint density at radius 1 is 1.07 bits per heavy atom. The van der Waals surface area contributed by atoms with Crippen LogP contribution in [-0.4, -0.2) is 44.6 Å². The molecule has 148 valence electrons. The number of hydrogen-bond donors (Lipinski definition) is 1. The molecule has 1 unspecified atom stereocenters. The SMILES string of the molecule is COc1ccc(S(=O)(=O)NCC(c2cccn2C)N2CCCCCC2)cc1. The van der Waals surface area contributed by atoms with E-state index in [1.807, 2.05) is 19.3 Å². The fraction of sp³-hybridized carbons (Fsp3) is 0.500. The number of benzene rings is 1. The van der Waals surface area contributed by atoms with Crippen molar-refractivity contribution in [2.75, 3.05) is 26.7 Å². The summed E-state index contributed by atoms with van der Waals surface area (Å²) < 4.78 is 35.5. The molecule has 0 amide bonds. The lowest BCUT2D eigenvalue weighted by molar-refractivity contribution is 0.199. The summed E-state index contributed by atoms with van der Waals surface area (Å²) in [4.78, 5) is 2.67. The zero-order chi connectivity index (χ0) is 19.3. The molecule has 1 aliphatic rings. The standard InChI is InChI=1S/C20H29N3O3S/c1-22-13-7-8-19(22)20(23-14-5-3-4-6-15-23)16-21-27(24,25)18-11-9-17(26-2)10-12-18/h7-13,20-21H,3-6,14-16H2,1-2H3. The number of aromatic nitrogens is 1. The molecule has 6 nitrogen and oxygen atoms in total. The third-order valence-electron chi connectivity index (χ3n) is 5.24.